The van der Waals surface area contributed by atoms with Crippen LogP contribution in [0.4, 0.5) is 4.39 Å². The molecular weight excluding hydrogens is 493 g/mol. The van der Waals surface area contributed by atoms with Crippen LogP contribution >= 0.6 is 0 Å². The van der Waals surface area contributed by atoms with Gasteiger partial charge in [-0.2, -0.15) is 0 Å². The van der Waals surface area contributed by atoms with Crippen LogP contribution in [0.5, 0.6) is 0 Å². The number of hydrogen-bond acceptors (Lipinski definition) is 4. The fraction of sp³-hybridized carbons (Fsp3) is 0.424. The number of carboxylic acids is 1. The van der Waals surface area contributed by atoms with Crippen molar-refractivity contribution in [3.05, 3.63) is 94.3 Å². The van der Waals surface area contributed by atoms with Crippen molar-refractivity contribution >= 4 is 5.97 Å². The number of aryl methyl sites for hydroxylation is 1. The zero-order valence-electron chi connectivity index (χ0n) is 23.9. The molecule has 210 valence electrons. The lowest BCUT2D eigenvalue weighted by Gasteiger charge is -2.28. The van der Waals surface area contributed by atoms with Crippen LogP contribution in [0.2, 0.25) is 0 Å². The molecule has 0 heterocycles. The summed E-state index contributed by atoms with van der Waals surface area (Å²) in [6.07, 6.45) is 0.298. The summed E-state index contributed by atoms with van der Waals surface area (Å²) in [6.45, 7) is 12.4. The Kier molecular flexibility index (Phi) is 10.4. The second-order valence-corrected chi connectivity index (χ2v) is 11.5. The van der Waals surface area contributed by atoms with Gasteiger partial charge in [0, 0.05) is 12.1 Å². The predicted molar refractivity (Wildman–Crippen MR) is 155 cm³/mol. The number of hydrogen-bond donors (Lipinski definition) is 3. The van der Waals surface area contributed by atoms with E-state index in [1.165, 1.54) is 0 Å². The second kappa shape index (κ2) is 13.3. The van der Waals surface area contributed by atoms with Gasteiger partial charge in [0.15, 0.2) is 0 Å². The Bertz CT molecular complexity index is 1270. The lowest BCUT2D eigenvalue weighted by Crippen LogP contribution is -2.46. The minimum absolute atomic E-state index is 0.147. The Balaban J connectivity index is 1.64. The molecule has 0 aromatic heterocycles. The lowest BCUT2D eigenvalue weighted by atomic mass is 9.91. The van der Waals surface area contributed by atoms with Crippen molar-refractivity contribution in [2.24, 2.45) is 5.92 Å². The van der Waals surface area contributed by atoms with Crippen molar-refractivity contribution in [1.29, 1.82) is 0 Å². The van der Waals surface area contributed by atoms with E-state index in [2.05, 4.69) is 19.2 Å². The largest absolute Gasteiger partial charge is 0.478 e. The molecule has 0 saturated carbocycles. The number of halogens is 1. The van der Waals surface area contributed by atoms with Crippen LogP contribution in [0.25, 0.3) is 11.1 Å². The first-order chi connectivity index (χ1) is 18.4. The summed E-state index contributed by atoms with van der Waals surface area (Å²) in [5, 5.41) is 23.6. The predicted octanol–water partition coefficient (Wildman–Crippen LogP) is 6.75. The number of aromatic carboxylic acids is 1. The van der Waals surface area contributed by atoms with Gasteiger partial charge < -0.3 is 20.3 Å². The Hall–Kier alpha value is -3.06. The van der Waals surface area contributed by atoms with Gasteiger partial charge in [-0.1, -0.05) is 62.4 Å². The maximum Gasteiger partial charge on any atom is 0.335 e. The zero-order chi connectivity index (χ0) is 28.7. The number of rotatable bonds is 13. The van der Waals surface area contributed by atoms with Crippen LogP contribution < -0.4 is 5.32 Å². The fourth-order valence-electron chi connectivity index (χ4n) is 4.81. The van der Waals surface area contributed by atoms with E-state index >= 15 is 0 Å². The maximum atomic E-state index is 13.9. The number of aliphatic hydroxyl groups is 1. The lowest BCUT2D eigenvalue weighted by molar-refractivity contribution is -0.00397. The Morgan fingerprint density at radius 3 is 2.44 bits per heavy atom. The third-order valence-electron chi connectivity index (χ3n) is 6.91. The van der Waals surface area contributed by atoms with Crippen LogP contribution in [0.3, 0.4) is 0 Å². The molecule has 5 nitrogen and oxygen atoms in total. The van der Waals surface area contributed by atoms with E-state index in [0.717, 1.165) is 27.8 Å². The van der Waals surface area contributed by atoms with Gasteiger partial charge in [-0.3, -0.25) is 0 Å². The average molecular weight is 536 g/mol. The Morgan fingerprint density at radius 2 is 1.77 bits per heavy atom. The molecule has 0 fully saturated rings. The van der Waals surface area contributed by atoms with Crippen LogP contribution in [-0.4, -0.2) is 41.0 Å². The highest BCUT2D eigenvalue weighted by Gasteiger charge is 2.21. The molecular formula is C33H42FNO4. The molecule has 2 atom stereocenters. The highest BCUT2D eigenvalue weighted by atomic mass is 19.1. The molecule has 6 heteroatoms. The molecule has 3 aromatic rings. The van der Waals surface area contributed by atoms with Crippen molar-refractivity contribution in [3.8, 4) is 11.1 Å². The molecule has 3 rings (SSSR count). The van der Waals surface area contributed by atoms with Crippen molar-refractivity contribution in [3.63, 3.8) is 0 Å². The standard InChI is InChI=1S/C33H42FNO4/c1-21(2)15-26-17-25(13-14-30(26)32(37)38)29-10-8-7-9-28(29)23(4)39-20-27(36)19-35-33(5,6)18-24-12-11-22(3)31(34)16-24/h7-14,16-17,21,23,27,35-36H,15,18-20H2,1-6H3,(H,37,38)/t23?,27-/m1/s1. The summed E-state index contributed by atoms with van der Waals surface area (Å²) in [5.74, 6) is -0.798. The molecule has 0 aliphatic carbocycles. The number of benzene rings is 3. The monoisotopic (exact) mass is 535 g/mol. The molecule has 1 unspecified atom stereocenters. The topological polar surface area (TPSA) is 78.8 Å². The molecule has 0 saturated heterocycles. The molecule has 0 aliphatic heterocycles. The van der Waals surface area contributed by atoms with E-state index in [4.69, 9.17) is 4.74 Å². The van der Waals surface area contributed by atoms with Crippen LogP contribution in [0.15, 0.2) is 60.7 Å². The van der Waals surface area contributed by atoms with Crippen molar-refractivity contribution in [1.82, 2.24) is 5.32 Å². The molecule has 0 amide bonds. The van der Waals surface area contributed by atoms with Gasteiger partial charge in [0.25, 0.3) is 0 Å². The van der Waals surface area contributed by atoms with Crippen molar-refractivity contribution in [2.75, 3.05) is 13.2 Å². The van der Waals surface area contributed by atoms with Crippen LogP contribution in [-0.2, 0) is 17.6 Å². The number of carbonyl (C=O) groups is 1. The van der Waals surface area contributed by atoms with E-state index in [9.17, 15) is 19.4 Å². The summed E-state index contributed by atoms with van der Waals surface area (Å²) < 4.78 is 20.0. The minimum atomic E-state index is -0.918. The molecule has 39 heavy (non-hydrogen) atoms. The van der Waals surface area contributed by atoms with Gasteiger partial charge in [-0.25, -0.2) is 9.18 Å². The van der Waals surface area contributed by atoms with Crippen molar-refractivity contribution in [2.45, 2.75) is 72.1 Å². The first-order valence-corrected chi connectivity index (χ1v) is 13.6. The van der Waals surface area contributed by atoms with E-state index < -0.39 is 12.1 Å². The first-order valence-electron chi connectivity index (χ1n) is 13.6. The quantitative estimate of drug-likeness (QED) is 0.226. The highest BCUT2D eigenvalue weighted by Crippen LogP contribution is 2.32. The van der Waals surface area contributed by atoms with Gasteiger partial charge in [0.1, 0.15) is 5.82 Å². The number of aliphatic hydroxyl groups excluding tert-OH is 1. The summed E-state index contributed by atoms with van der Waals surface area (Å²) in [4.78, 5) is 11.7. The van der Waals surface area contributed by atoms with Crippen LogP contribution in [0, 0.1) is 18.7 Å². The van der Waals surface area contributed by atoms with Gasteiger partial charge >= 0.3 is 5.97 Å². The maximum absolute atomic E-state index is 13.9. The number of ether oxygens (including phenoxy) is 1. The van der Waals surface area contributed by atoms with E-state index in [0.29, 0.717) is 36.4 Å². The molecule has 0 spiro atoms. The summed E-state index contributed by atoms with van der Waals surface area (Å²) in [7, 11) is 0. The second-order valence-electron chi connectivity index (χ2n) is 11.5. The fourth-order valence-corrected chi connectivity index (χ4v) is 4.81. The zero-order valence-corrected chi connectivity index (χ0v) is 23.9. The highest BCUT2D eigenvalue weighted by molar-refractivity contribution is 5.90. The molecule has 0 bridgehead atoms. The number of carboxylic acid groups (broad SMARTS) is 1. The SMILES string of the molecule is Cc1ccc(CC(C)(C)NC[C@@H](O)COC(C)c2ccccc2-c2ccc(C(=O)O)c(CC(C)C)c2)cc1F. The normalized spacial score (nSPS) is 13.5. The van der Waals surface area contributed by atoms with E-state index in [1.54, 1.807) is 25.1 Å². The van der Waals surface area contributed by atoms with Crippen molar-refractivity contribution < 1.29 is 24.1 Å². The number of nitrogens with one attached hydrogen (secondary N) is 1. The van der Waals surface area contributed by atoms with Gasteiger partial charge in [-0.15, -0.1) is 0 Å². The summed E-state index contributed by atoms with van der Waals surface area (Å²) in [5.41, 5.74) is 5.23. The van der Waals surface area contributed by atoms with Gasteiger partial charge in [0.05, 0.1) is 24.4 Å². The Labute approximate surface area is 232 Å². The first kappa shape index (κ1) is 30.5. The van der Waals surface area contributed by atoms with E-state index in [-0.39, 0.29) is 24.1 Å². The number of β-amino-alcohol motifs (C(OH)–C–C–N with tert-alkyl or cyclic N) is 1. The smallest absolute Gasteiger partial charge is 0.335 e. The van der Waals surface area contributed by atoms with Gasteiger partial charge in [-0.05, 0) is 92.0 Å². The average Bonchev–Trinajstić information content (AvgIpc) is 2.87. The summed E-state index contributed by atoms with van der Waals surface area (Å²) >= 11 is 0. The molecule has 3 aromatic carbocycles. The minimum Gasteiger partial charge on any atom is -0.478 e. The summed E-state index contributed by atoms with van der Waals surface area (Å²) in [6, 6.07) is 18.7. The van der Waals surface area contributed by atoms with Crippen LogP contribution in [0.1, 0.15) is 73.3 Å². The van der Waals surface area contributed by atoms with E-state index in [1.807, 2.05) is 63.2 Å². The third-order valence-corrected chi connectivity index (χ3v) is 6.91. The molecule has 0 aliphatic rings. The Morgan fingerprint density at radius 1 is 1.05 bits per heavy atom. The molecule has 0 radical (unpaired) electrons. The third kappa shape index (κ3) is 8.72. The van der Waals surface area contributed by atoms with Gasteiger partial charge in [0.2, 0.25) is 0 Å². The molecule has 3 N–H and O–H groups in total.